The highest BCUT2D eigenvalue weighted by Crippen LogP contribution is 2.33. The SMILES string of the molecule is CNC(=O)c1ccccc1Sc1ccc(Cl)cc1C(=O)[O-]. The molecule has 2 aromatic carbocycles. The Kier molecular flexibility index (Phi) is 4.88. The van der Waals surface area contributed by atoms with Crippen LogP contribution in [-0.4, -0.2) is 18.9 Å². The Labute approximate surface area is 131 Å². The van der Waals surface area contributed by atoms with E-state index < -0.39 is 5.97 Å². The van der Waals surface area contributed by atoms with E-state index in [2.05, 4.69) is 5.32 Å². The van der Waals surface area contributed by atoms with Gasteiger partial charge in [-0.05, 0) is 30.3 Å². The minimum atomic E-state index is -1.31. The molecule has 108 valence electrons. The molecule has 21 heavy (non-hydrogen) atoms. The van der Waals surface area contributed by atoms with Gasteiger partial charge in [0.2, 0.25) is 0 Å². The number of carbonyl (C=O) groups excluding carboxylic acids is 2. The van der Waals surface area contributed by atoms with Crippen molar-refractivity contribution in [2.45, 2.75) is 9.79 Å². The van der Waals surface area contributed by atoms with Crippen LogP contribution in [0.15, 0.2) is 52.3 Å². The Morgan fingerprint density at radius 1 is 1.10 bits per heavy atom. The third-order valence-corrected chi connectivity index (χ3v) is 4.13. The number of hydrogen-bond donors (Lipinski definition) is 1. The van der Waals surface area contributed by atoms with Crippen molar-refractivity contribution in [2.24, 2.45) is 0 Å². The van der Waals surface area contributed by atoms with Crippen molar-refractivity contribution in [3.8, 4) is 0 Å². The minimum Gasteiger partial charge on any atom is -0.545 e. The number of nitrogens with one attached hydrogen (secondary N) is 1. The van der Waals surface area contributed by atoms with Crippen LogP contribution in [0.25, 0.3) is 0 Å². The van der Waals surface area contributed by atoms with Crippen LogP contribution in [0.4, 0.5) is 0 Å². The van der Waals surface area contributed by atoms with Gasteiger partial charge in [0.25, 0.3) is 5.91 Å². The second-order valence-corrected chi connectivity index (χ2v) is 5.63. The third kappa shape index (κ3) is 3.56. The van der Waals surface area contributed by atoms with E-state index in [0.29, 0.717) is 20.4 Å². The minimum absolute atomic E-state index is 0.000732. The van der Waals surface area contributed by atoms with Crippen LogP contribution < -0.4 is 10.4 Å². The summed E-state index contributed by atoms with van der Waals surface area (Å²) in [6, 6.07) is 11.5. The zero-order valence-electron chi connectivity index (χ0n) is 11.1. The summed E-state index contributed by atoms with van der Waals surface area (Å²) in [7, 11) is 1.54. The highest BCUT2D eigenvalue weighted by molar-refractivity contribution is 7.99. The van der Waals surface area contributed by atoms with Crippen LogP contribution in [0.1, 0.15) is 20.7 Å². The predicted octanol–water partition coefficient (Wildman–Crippen LogP) is 2.21. The van der Waals surface area contributed by atoms with Crippen molar-refractivity contribution in [3.05, 3.63) is 58.6 Å². The lowest BCUT2D eigenvalue weighted by atomic mass is 10.2. The van der Waals surface area contributed by atoms with E-state index in [4.69, 9.17) is 11.6 Å². The first-order valence-electron chi connectivity index (χ1n) is 6.02. The summed E-state index contributed by atoms with van der Waals surface area (Å²) in [6.45, 7) is 0. The molecule has 0 heterocycles. The van der Waals surface area contributed by atoms with Crippen LogP contribution >= 0.6 is 23.4 Å². The summed E-state index contributed by atoms with van der Waals surface area (Å²) in [5.74, 6) is -1.54. The van der Waals surface area contributed by atoms with Crippen molar-refractivity contribution in [1.82, 2.24) is 5.32 Å². The summed E-state index contributed by atoms with van der Waals surface area (Å²) in [4.78, 5) is 24.1. The molecule has 6 heteroatoms. The van der Waals surface area contributed by atoms with E-state index in [1.54, 1.807) is 43.4 Å². The normalized spacial score (nSPS) is 10.2. The molecule has 0 aliphatic heterocycles. The van der Waals surface area contributed by atoms with E-state index >= 15 is 0 Å². The van der Waals surface area contributed by atoms with Gasteiger partial charge in [-0.3, -0.25) is 4.79 Å². The van der Waals surface area contributed by atoms with Crippen molar-refractivity contribution in [3.63, 3.8) is 0 Å². The Hall–Kier alpha value is -1.98. The van der Waals surface area contributed by atoms with Gasteiger partial charge in [0.15, 0.2) is 0 Å². The lowest BCUT2D eigenvalue weighted by molar-refractivity contribution is -0.255. The topological polar surface area (TPSA) is 69.2 Å². The molecule has 0 aliphatic rings. The van der Waals surface area contributed by atoms with Crippen molar-refractivity contribution >= 4 is 35.2 Å². The van der Waals surface area contributed by atoms with Gasteiger partial charge in [-0.25, -0.2) is 0 Å². The number of hydrogen-bond acceptors (Lipinski definition) is 4. The van der Waals surface area contributed by atoms with Gasteiger partial charge in [-0.1, -0.05) is 35.5 Å². The second-order valence-electron chi connectivity index (χ2n) is 4.11. The second kappa shape index (κ2) is 6.65. The lowest BCUT2D eigenvalue weighted by Crippen LogP contribution is -2.23. The first-order chi connectivity index (χ1) is 10.0. The van der Waals surface area contributed by atoms with Crippen molar-refractivity contribution in [2.75, 3.05) is 7.05 Å². The molecule has 0 saturated carbocycles. The molecule has 2 rings (SSSR count). The summed E-state index contributed by atoms with van der Waals surface area (Å²) >= 11 is 6.98. The predicted molar refractivity (Wildman–Crippen MR) is 79.7 cm³/mol. The Morgan fingerprint density at radius 2 is 1.76 bits per heavy atom. The number of carboxylic acids is 1. The molecule has 1 N–H and O–H groups in total. The summed E-state index contributed by atoms with van der Waals surface area (Å²) in [6.07, 6.45) is 0. The molecule has 0 radical (unpaired) electrons. The van der Waals surface area contributed by atoms with Gasteiger partial charge >= 0.3 is 0 Å². The fourth-order valence-corrected chi connectivity index (χ4v) is 2.96. The van der Waals surface area contributed by atoms with Crippen LogP contribution in [0.5, 0.6) is 0 Å². The molecule has 4 nitrogen and oxygen atoms in total. The molecule has 0 atom stereocenters. The van der Waals surface area contributed by atoms with Gasteiger partial charge in [0.1, 0.15) is 0 Å². The number of carboxylic acid groups (broad SMARTS) is 1. The van der Waals surface area contributed by atoms with Crippen molar-refractivity contribution < 1.29 is 14.7 Å². The first kappa shape index (κ1) is 15.4. The van der Waals surface area contributed by atoms with Gasteiger partial charge in [0, 0.05) is 27.4 Å². The molecule has 0 aromatic heterocycles. The fourth-order valence-electron chi connectivity index (χ4n) is 1.75. The Balaban J connectivity index is 2.44. The maximum atomic E-state index is 11.8. The smallest absolute Gasteiger partial charge is 0.252 e. The highest BCUT2D eigenvalue weighted by Gasteiger charge is 2.13. The monoisotopic (exact) mass is 320 g/mol. The first-order valence-corrected chi connectivity index (χ1v) is 7.22. The Bertz CT molecular complexity index is 703. The average Bonchev–Trinajstić information content (AvgIpc) is 2.48. The van der Waals surface area contributed by atoms with Crippen LogP contribution in [0.2, 0.25) is 5.02 Å². The molecule has 2 aromatic rings. The molecular weight excluding hydrogens is 310 g/mol. The fraction of sp³-hybridized carbons (Fsp3) is 0.0667. The molecule has 0 aliphatic carbocycles. The van der Waals surface area contributed by atoms with Gasteiger partial charge in [0.05, 0.1) is 11.5 Å². The molecule has 0 fully saturated rings. The maximum Gasteiger partial charge on any atom is 0.252 e. The Morgan fingerprint density at radius 3 is 2.43 bits per heavy atom. The zero-order valence-corrected chi connectivity index (χ0v) is 12.6. The summed E-state index contributed by atoms with van der Waals surface area (Å²) in [5.41, 5.74) is 0.475. The lowest BCUT2D eigenvalue weighted by Gasteiger charge is -2.12. The average molecular weight is 321 g/mol. The molecule has 0 unspecified atom stereocenters. The zero-order chi connectivity index (χ0) is 15.4. The van der Waals surface area contributed by atoms with Crippen LogP contribution in [0.3, 0.4) is 0 Å². The molecule has 0 spiro atoms. The van der Waals surface area contributed by atoms with E-state index in [-0.39, 0.29) is 11.5 Å². The number of halogens is 1. The maximum absolute atomic E-state index is 11.8. The standard InChI is InChI=1S/C15H12ClNO3S/c1-17-14(18)10-4-2-3-5-12(10)21-13-7-6-9(16)8-11(13)15(19)20/h2-8H,1H3,(H,17,18)(H,19,20)/p-1. The largest absolute Gasteiger partial charge is 0.545 e. The van der Waals surface area contributed by atoms with Gasteiger partial charge in [-0.2, -0.15) is 0 Å². The summed E-state index contributed by atoms with van der Waals surface area (Å²) < 4.78 is 0. The van der Waals surface area contributed by atoms with E-state index in [9.17, 15) is 14.7 Å². The molecule has 0 saturated heterocycles. The number of carbonyl (C=O) groups is 2. The molecule has 1 amide bonds. The quantitative estimate of drug-likeness (QED) is 0.937. The molecule has 0 bridgehead atoms. The summed E-state index contributed by atoms with van der Waals surface area (Å²) in [5, 5.41) is 14.0. The third-order valence-electron chi connectivity index (χ3n) is 2.74. The highest BCUT2D eigenvalue weighted by atomic mass is 35.5. The number of benzene rings is 2. The van der Waals surface area contributed by atoms with E-state index in [1.807, 2.05) is 0 Å². The number of amides is 1. The molecular formula is C15H11ClNO3S-. The van der Waals surface area contributed by atoms with Crippen LogP contribution in [0, 0.1) is 0 Å². The van der Waals surface area contributed by atoms with Crippen molar-refractivity contribution in [1.29, 1.82) is 0 Å². The van der Waals surface area contributed by atoms with E-state index in [0.717, 1.165) is 0 Å². The number of aromatic carboxylic acids is 1. The van der Waals surface area contributed by atoms with Gasteiger partial charge in [-0.15, -0.1) is 0 Å². The van der Waals surface area contributed by atoms with Crippen LogP contribution in [-0.2, 0) is 0 Å². The number of rotatable bonds is 4. The van der Waals surface area contributed by atoms with Gasteiger partial charge < -0.3 is 15.2 Å². The van der Waals surface area contributed by atoms with E-state index in [1.165, 1.54) is 17.8 Å².